The quantitative estimate of drug-likeness (QED) is 0.261. The number of benzene rings is 2. The van der Waals surface area contributed by atoms with E-state index in [9.17, 15) is 13.6 Å². The van der Waals surface area contributed by atoms with Crippen molar-refractivity contribution < 1.29 is 22.7 Å². The third-order valence-electron chi connectivity index (χ3n) is 8.01. The summed E-state index contributed by atoms with van der Waals surface area (Å²) in [4.78, 5) is 11.7. The molecule has 0 heterocycles. The Morgan fingerprint density at radius 2 is 1.95 bits per heavy atom. The van der Waals surface area contributed by atoms with Crippen LogP contribution in [0.1, 0.15) is 51.2 Å². The summed E-state index contributed by atoms with van der Waals surface area (Å²) in [5, 5.41) is 6.53. The summed E-state index contributed by atoms with van der Waals surface area (Å²) in [6.07, 6.45) is 1.52. The number of carbonyl (C=O) groups is 1. The van der Waals surface area contributed by atoms with Crippen molar-refractivity contribution in [2.45, 2.75) is 71.3 Å². The van der Waals surface area contributed by atoms with Gasteiger partial charge in [-0.25, -0.2) is 18.0 Å². The van der Waals surface area contributed by atoms with Gasteiger partial charge in [-0.2, -0.15) is 0 Å². The van der Waals surface area contributed by atoms with Gasteiger partial charge in [0.2, 0.25) is 0 Å². The molecule has 7 heteroatoms. The summed E-state index contributed by atoms with van der Waals surface area (Å²) < 4.78 is 48.6. The molecule has 0 bridgehead atoms. The molecule has 2 fully saturated rings. The summed E-state index contributed by atoms with van der Waals surface area (Å²) in [6.45, 7) is 10.4. The van der Waals surface area contributed by atoms with Crippen LogP contribution in [0.15, 0.2) is 54.7 Å². The highest BCUT2D eigenvalue weighted by Crippen LogP contribution is 2.63. The van der Waals surface area contributed by atoms with Crippen LogP contribution in [0.5, 0.6) is 0 Å². The van der Waals surface area contributed by atoms with E-state index >= 15 is 4.39 Å². The maximum absolute atomic E-state index is 15.9. The first kappa shape index (κ1) is 28.2. The number of hydrogen-bond acceptors (Lipinski definition) is 4. The maximum Gasteiger partial charge on any atom is 0.341 e. The van der Waals surface area contributed by atoms with Crippen LogP contribution < -0.4 is 10.6 Å². The third-order valence-corrected chi connectivity index (χ3v) is 8.01. The topological polar surface area (TPSA) is 50.4 Å². The molecule has 0 saturated heterocycles. The molecule has 2 aromatic carbocycles. The average molecular weight is 529 g/mol. The summed E-state index contributed by atoms with van der Waals surface area (Å²) in [7, 11) is 0. The Labute approximate surface area is 224 Å². The number of esters is 1. The molecule has 1 spiro atoms. The zero-order valence-corrected chi connectivity index (χ0v) is 22.8. The lowest BCUT2D eigenvalue weighted by Crippen LogP contribution is -2.43. The van der Waals surface area contributed by atoms with E-state index in [-0.39, 0.29) is 42.4 Å². The highest BCUT2D eigenvalue weighted by Gasteiger charge is 2.60. The monoisotopic (exact) mass is 528 g/mol. The van der Waals surface area contributed by atoms with Gasteiger partial charge in [0.05, 0.1) is 0 Å². The smallest absolute Gasteiger partial charge is 0.341 e. The lowest BCUT2D eigenvalue weighted by Gasteiger charge is -2.30. The highest BCUT2D eigenvalue weighted by atomic mass is 19.1. The van der Waals surface area contributed by atoms with Gasteiger partial charge in [0.15, 0.2) is 6.17 Å². The third kappa shape index (κ3) is 6.42. The van der Waals surface area contributed by atoms with Crippen molar-refractivity contribution in [2.24, 2.45) is 17.3 Å². The minimum atomic E-state index is -1.70. The van der Waals surface area contributed by atoms with Crippen LogP contribution in [-0.4, -0.2) is 37.1 Å². The molecule has 4 atom stereocenters. The van der Waals surface area contributed by atoms with Gasteiger partial charge in [0, 0.05) is 29.8 Å². The zero-order chi connectivity index (χ0) is 27.7. The number of allylic oxidation sites excluding steroid dienone is 1. The van der Waals surface area contributed by atoms with E-state index in [0.717, 1.165) is 43.0 Å². The molecule has 0 amide bonds. The van der Waals surface area contributed by atoms with Crippen molar-refractivity contribution in [3.8, 4) is 11.1 Å². The van der Waals surface area contributed by atoms with Crippen LogP contribution in [0.2, 0.25) is 0 Å². The minimum absolute atomic E-state index is 0.0322. The van der Waals surface area contributed by atoms with Crippen LogP contribution in [-0.2, 0) is 16.0 Å². The predicted molar refractivity (Wildman–Crippen MR) is 144 cm³/mol. The van der Waals surface area contributed by atoms with Gasteiger partial charge >= 0.3 is 5.97 Å². The van der Waals surface area contributed by atoms with E-state index in [0.29, 0.717) is 17.5 Å². The van der Waals surface area contributed by atoms with E-state index in [1.54, 1.807) is 6.07 Å². The molecule has 2 aliphatic carbocycles. The fourth-order valence-corrected chi connectivity index (χ4v) is 5.89. The number of hydrogen-bond donors (Lipinski definition) is 2. The Bertz CT molecular complexity index is 1170. The van der Waals surface area contributed by atoms with Crippen LogP contribution in [0, 0.1) is 30.0 Å². The predicted octanol–water partition coefficient (Wildman–Crippen LogP) is 6.43. The number of nitrogens with one attached hydrogen (secondary N) is 2. The Balaban J connectivity index is 1.62. The van der Waals surface area contributed by atoms with Crippen LogP contribution in [0.4, 0.5) is 13.2 Å². The van der Waals surface area contributed by atoms with Crippen molar-refractivity contribution >= 4 is 5.97 Å². The van der Waals surface area contributed by atoms with Crippen molar-refractivity contribution in [2.75, 3.05) is 13.3 Å². The Hall–Kier alpha value is -2.80. The molecule has 4 nitrogen and oxygen atoms in total. The van der Waals surface area contributed by atoms with Gasteiger partial charge in [-0.05, 0) is 75.8 Å². The lowest BCUT2D eigenvalue weighted by atomic mass is 9.84. The highest BCUT2D eigenvalue weighted by molar-refractivity contribution is 5.73. The second-order valence-electron chi connectivity index (χ2n) is 11.7. The number of halogens is 3. The lowest BCUT2D eigenvalue weighted by molar-refractivity contribution is -0.150. The molecule has 0 aliphatic heterocycles. The van der Waals surface area contributed by atoms with Gasteiger partial charge in [-0.15, -0.1) is 0 Å². The molecular weight excluding hydrogens is 489 g/mol. The zero-order valence-electron chi connectivity index (χ0n) is 22.8. The van der Waals surface area contributed by atoms with Crippen LogP contribution in [0.3, 0.4) is 0 Å². The van der Waals surface area contributed by atoms with Gasteiger partial charge in [0.1, 0.15) is 18.2 Å². The number of alkyl halides is 2. The Morgan fingerprint density at radius 1 is 1.24 bits per heavy atom. The van der Waals surface area contributed by atoms with E-state index in [1.807, 2.05) is 43.3 Å². The SMILES string of the molecule is C=C(NCC(C)(C)F)C1CC2(CC2)[C@H](NCOC(=O)C(C)F)[C@@H]1Cc1cccc(-c2cccc(C)c2)c1F. The second kappa shape index (κ2) is 11.1. The molecule has 0 aromatic heterocycles. The average Bonchev–Trinajstić information content (AvgIpc) is 3.56. The molecule has 206 valence electrons. The van der Waals surface area contributed by atoms with Gasteiger partial charge in [-0.3, -0.25) is 5.32 Å². The molecule has 2 saturated carbocycles. The van der Waals surface area contributed by atoms with E-state index in [1.165, 1.54) is 13.8 Å². The van der Waals surface area contributed by atoms with E-state index in [2.05, 4.69) is 17.2 Å². The largest absolute Gasteiger partial charge is 0.448 e. The summed E-state index contributed by atoms with van der Waals surface area (Å²) in [5.41, 5.74) is 2.31. The summed E-state index contributed by atoms with van der Waals surface area (Å²) >= 11 is 0. The van der Waals surface area contributed by atoms with Crippen LogP contribution >= 0.6 is 0 Å². The maximum atomic E-state index is 15.9. The van der Waals surface area contributed by atoms with Crippen molar-refractivity contribution in [1.82, 2.24) is 10.6 Å². The normalized spacial score (nSPS) is 22.8. The number of ether oxygens (including phenoxy) is 1. The van der Waals surface area contributed by atoms with Gasteiger partial charge in [0.25, 0.3) is 0 Å². The molecule has 2 aliphatic rings. The van der Waals surface area contributed by atoms with Gasteiger partial charge < -0.3 is 10.1 Å². The fourth-order valence-electron chi connectivity index (χ4n) is 5.89. The molecule has 2 aromatic rings. The minimum Gasteiger partial charge on any atom is -0.448 e. The standard InChI is InChI=1S/C31H39F3N2O2/c1-19-8-6-9-22(14-19)24-11-7-10-23(27(24)33)15-25-26(21(3)35-17-30(4,5)34)16-31(12-13-31)28(25)36-18-38-29(37)20(2)32/h6-11,14,20,25-26,28,35-36H,3,12-13,15-18H2,1-2,4-5H3/t20?,25-,26?,28-/m1/s1. The first-order valence-electron chi connectivity index (χ1n) is 13.4. The van der Waals surface area contributed by atoms with E-state index < -0.39 is 17.8 Å². The molecule has 0 radical (unpaired) electrons. The Morgan fingerprint density at radius 3 is 2.58 bits per heavy atom. The summed E-state index contributed by atoms with van der Waals surface area (Å²) in [5.74, 6) is -1.28. The fraction of sp³-hybridized carbons (Fsp3) is 0.516. The molecule has 2 unspecified atom stereocenters. The number of rotatable bonds is 11. The van der Waals surface area contributed by atoms with Crippen molar-refractivity contribution in [3.63, 3.8) is 0 Å². The number of aryl methyl sites for hydroxylation is 1. The molecular formula is C31H39F3N2O2. The van der Waals surface area contributed by atoms with Crippen molar-refractivity contribution in [1.29, 1.82) is 0 Å². The molecule has 2 N–H and O–H groups in total. The first-order chi connectivity index (χ1) is 17.9. The summed E-state index contributed by atoms with van der Waals surface area (Å²) in [6, 6.07) is 13.2. The van der Waals surface area contributed by atoms with Gasteiger partial charge in [-0.1, -0.05) is 54.6 Å². The molecule has 38 heavy (non-hydrogen) atoms. The Kier molecular flexibility index (Phi) is 8.26. The second-order valence-corrected chi connectivity index (χ2v) is 11.7. The number of carbonyl (C=O) groups excluding carboxylic acids is 1. The van der Waals surface area contributed by atoms with E-state index in [4.69, 9.17) is 4.74 Å². The molecule has 4 rings (SSSR count). The van der Waals surface area contributed by atoms with Crippen LogP contribution in [0.25, 0.3) is 11.1 Å². The first-order valence-corrected chi connectivity index (χ1v) is 13.4. The van der Waals surface area contributed by atoms with Crippen molar-refractivity contribution in [3.05, 3.63) is 71.7 Å².